The number of pyridine rings is 1. The molecule has 0 aromatic carbocycles. The lowest BCUT2D eigenvalue weighted by Gasteiger charge is -2.16. The number of imidazole rings is 1. The molecule has 0 bridgehead atoms. The average Bonchev–Trinajstić information content (AvgIpc) is 3.23. The molecular formula is C18H23N5S. The van der Waals surface area contributed by atoms with E-state index < -0.39 is 0 Å². The first-order valence-corrected chi connectivity index (χ1v) is 8.99. The second kappa shape index (κ2) is 7.49. The maximum Gasteiger partial charge on any atom is 0.191 e. The molecule has 0 aliphatic heterocycles. The summed E-state index contributed by atoms with van der Waals surface area (Å²) < 4.78 is 2.08. The summed E-state index contributed by atoms with van der Waals surface area (Å²) in [6.07, 6.45) is 4.99. The topological polar surface area (TPSA) is 53.7 Å². The van der Waals surface area contributed by atoms with E-state index >= 15 is 0 Å². The molecule has 1 unspecified atom stereocenters. The first-order valence-electron chi connectivity index (χ1n) is 8.11. The van der Waals surface area contributed by atoms with E-state index in [1.54, 1.807) is 18.4 Å². The zero-order chi connectivity index (χ0) is 16.9. The number of hydrogen-bond donors (Lipinski definition) is 2. The van der Waals surface area contributed by atoms with Crippen LogP contribution in [0.5, 0.6) is 0 Å². The van der Waals surface area contributed by atoms with Gasteiger partial charge >= 0.3 is 0 Å². The normalized spacial score (nSPS) is 13.2. The second-order valence-electron chi connectivity index (χ2n) is 5.78. The smallest absolute Gasteiger partial charge is 0.191 e. The molecule has 5 nitrogen and oxygen atoms in total. The van der Waals surface area contributed by atoms with E-state index in [9.17, 15) is 0 Å². The maximum atomic E-state index is 4.70. The third-order valence-corrected chi connectivity index (χ3v) is 5.00. The van der Waals surface area contributed by atoms with Crippen LogP contribution in [-0.4, -0.2) is 28.9 Å². The Labute approximate surface area is 146 Å². The summed E-state index contributed by atoms with van der Waals surface area (Å²) in [5.41, 5.74) is 3.30. The Hall–Kier alpha value is -2.34. The van der Waals surface area contributed by atoms with Crippen molar-refractivity contribution in [3.8, 4) is 0 Å². The van der Waals surface area contributed by atoms with Gasteiger partial charge in [-0.15, -0.1) is 11.3 Å². The molecule has 2 N–H and O–H groups in total. The zero-order valence-electron chi connectivity index (χ0n) is 14.3. The molecule has 0 saturated heterocycles. The molecule has 0 amide bonds. The highest BCUT2D eigenvalue weighted by Gasteiger charge is 2.09. The number of aryl methyl sites for hydroxylation is 1. The van der Waals surface area contributed by atoms with Crippen LogP contribution < -0.4 is 10.6 Å². The van der Waals surface area contributed by atoms with Gasteiger partial charge in [-0.05, 0) is 36.9 Å². The Morgan fingerprint density at radius 2 is 2.25 bits per heavy atom. The Morgan fingerprint density at radius 1 is 1.38 bits per heavy atom. The quantitative estimate of drug-likeness (QED) is 0.554. The Morgan fingerprint density at radius 3 is 2.96 bits per heavy atom. The molecule has 0 aliphatic rings. The first kappa shape index (κ1) is 16.5. The van der Waals surface area contributed by atoms with Crippen LogP contribution in [-0.2, 0) is 6.42 Å². The van der Waals surface area contributed by atoms with Crippen LogP contribution in [0.15, 0.2) is 47.0 Å². The summed E-state index contributed by atoms with van der Waals surface area (Å²) in [7, 11) is 1.80. The van der Waals surface area contributed by atoms with E-state index in [1.807, 2.05) is 12.3 Å². The standard InChI is InChI=1S/C18H23N5S/c1-13-6-4-10-23-12-15(22-17(13)23)8-9-20-18(19-3)21-14(2)16-7-5-11-24-16/h4-7,10-12,14H,8-9H2,1-3H3,(H2,19,20,21). The predicted octanol–water partition coefficient (Wildman–Crippen LogP) is 3.17. The lowest BCUT2D eigenvalue weighted by atomic mass is 10.3. The molecule has 6 heteroatoms. The van der Waals surface area contributed by atoms with Gasteiger partial charge < -0.3 is 15.0 Å². The summed E-state index contributed by atoms with van der Waals surface area (Å²) in [5.74, 6) is 0.816. The minimum absolute atomic E-state index is 0.244. The molecule has 3 rings (SSSR count). The van der Waals surface area contributed by atoms with Crippen molar-refractivity contribution in [2.24, 2.45) is 4.99 Å². The van der Waals surface area contributed by atoms with Gasteiger partial charge in [-0.1, -0.05) is 12.1 Å². The van der Waals surface area contributed by atoms with Crippen molar-refractivity contribution >= 4 is 22.9 Å². The molecule has 0 aliphatic carbocycles. The number of nitrogens with zero attached hydrogens (tertiary/aromatic N) is 3. The van der Waals surface area contributed by atoms with Crippen molar-refractivity contribution < 1.29 is 0 Å². The van der Waals surface area contributed by atoms with E-state index in [-0.39, 0.29) is 6.04 Å². The lowest BCUT2D eigenvalue weighted by molar-refractivity contribution is 0.694. The average molecular weight is 341 g/mol. The Kier molecular flexibility index (Phi) is 5.15. The minimum atomic E-state index is 0.244. The highest BCUT2D eigenvalue weighted by Crippen LogP contribution is 2.17. The highest BCUT2D eigenvalue weighted by atomic mass is 32.1. The molecule has 1 atom stereocenters. The molecule has 3 heterocycles. The fourth-order valence-corrected chi connectivity index (χ4v) is 3.38. The molecular weight excluding hydrogens is 318 g/mol. The van der Waals surface area contributed by atoms with Crippen LogP contribution >= 0.6 is 11.3 Å². The van der Waals surface area contributed by atoms with Crippen LogP contribution in [0.1, 0.15) is 29.1 Å². The van der Waals surface area contributed by atoms with Crippen LogP contribution in [0.3, 0.4) is 0 Å². The summed E-state index contributed by atoms with van der Waals surface area (Å²) in [6.45, 7) is 5.02. The largest absolute Gasteiger partial charge is 0.356 e. The van der Waals surface area contributed by atoms with E-state index in [4.69, 9.17) is 4.98 Å². The van der Waals surface area contributed by atoms with Gasteiger partial charge in [0.1, 0.15) is 5.65 Å². The van der Waals surface area contributed by atoms with Gasteiger partial charge in [0.05, 0.1) is 11.7 Å². The first-order chi connectivity index (χ1) is 11.7. The molecule has 24 heavy (non-hydrogen) atoms. The Balaban J connectivity index is 1.55. The number of thiophene rings is 1. The predicted molar refractivity (Wildman–Crippen MR) is 101 cm³/mol. The van der Waals surface area contributed by atoms with Crippen molar-refractivity contribution in [1.82, 2.24) is 20.0 Å². The van der Waals surface area contributed by atoms with E-state index in [2.05, 4.69) is 63.7 Å². The van der Waals surface area contributed by atoms with Crippen LogP contribution in [0.2, 0.25) is 0 Å². The zero-order valence-corrected chi connectivity index (χ0v) is 15.1. The number of fused-ring (bicyclic) bond motifs is 1. The van der Waals surface area contributed by atoms with Crippen LogP contribution in [0, 0.1) is 6.92 Å². The van der Waals surface area contributed by atoms with Gasteiger partial charge in [0.2, 0.25) is 0 Å². The van der Waals surface area contributed by atoms with Gasteiger partial charge in [-0.3, -0.25) is 4.99 Å². The molecule has 3 aromatic heterocycles. The number of hydrogen-bond acceptors (Lipinski definition) is 3. The van der Waals surface area contributed by atoms with E-state index in [0.29, 0.717) is 0 Å². The van der Waals surface area contributed by atoms with E-state index in [1.165, 1.54) is 10.4 Å². The second-order valence-corrected chi connectivity index (χ2v) is 6.76. The molecule has 0 fully saturated rings. The van der Waals surface area contributed by atoms with Gasteiger partial charge in [-0.25, -0.2) is 4.98 Å². The SMILES string of the molecule is CN=C(NCCc1cn2cccc(C)c2n1)NC(C)c1cccs1. The van der Waals surface area contributed by atoms with Crippen molar-refractivity contribution in [3.63, 3.8) is 0 Å². The summed E-state index contributed by atoms with van der Waals surface area (Å²) >= 11 is 1.75. The number of aliphatic imine (C=N–C) groups is 1. The lowest BCUT2D eigenvalue weighted by Crippen LogP contribution is -2.39. The van der Waals surface area contributed by atoms with Crippen LogP contribution in [0.4, 0.5) is 0 Å². The number of aromatic nitrogens is 2. The maximum absolute atomic E-state index is 4.70. The molecule has 0 saturated carbocycles. The molecule has 0 spiro atoms. The molecule has 3 aromatic rings. The Bertz CT molecular complexity index is 819. The van der Waals surface area contributed by atoms with Gasteiger partial charge in [0.15, 0.2) is 5.96 Å². The van der Waals surface area contributed by atoms with Crippen molar-refractivity contribution in [3.05, 3.63) is 58.2 Å². The fourth-order valence-electron chi connectivity index (χ4n) is 2.64. The third-order valence-electron chi connectivity index (χ3n) is 3.95. The number of rotatable bonds is 5. The van der Waals surface area contributed by atoms with Crippen molar-refractivity contribution in [2.75, 3.05) is 13.6 Å². The monoisotopic (exact) mass is 341 g/mol. The van der Waals surface area contributed by atoms with Gasteiger partial charge in [0, 0.05) is 37.3 Å². The summed E-state index contributed by atoms with van der Waals surface area (Å²) in [5, 5.41) is 8.87. The minimum Gasteiger partial charge on any atom is -0.356 e. The number of nitrogens with one attached hydrogen (secondary N) is 2. The summed E-state index contributed by atoms with van der Waals surface area (Å²) in [6, 6.07) is 8.58. The van der Waals surface area contributed by atoms with Crippen molar-refractivity contribution in [1.29, 1.82) is 0 Å². The molecule has 126 valence electrons. The number of guanidine groups is 1. The highest BCUT2D eigenvalue weighted by molar-refractivity contribution is 7.10. The summed E-state index contributed by atoms with van der Waals surface area (Å²) in [4.78, 5) is 10.3. The molecule has 0 radical (unpaired) electrons. The van der Waals surface area contributed by atoms with Gasteiger partial charge in [0.25, 0.3) is 0 Å². The fraction of sp³-hybridized carbons (Fsp3) is 0.333. The van der Waals surface area contributed by atoms with E-state index in [0.717, 1.165) is 30.3 Å². The van der Waals surface area contributed by atoms with Crippen molar-refractivity contribution in [2.45, 2.75) is 26.3 Å². The van der Waals surface area contributed by atoms with Crippen LogP contribution in [0.25, 0.3) is 5.65 Å². The third kappa shape index (κ3) is 3.76. The van der Waals surface area contributed by atoms with Gasteiger partial charge in [-0.2, -0.15) is 0 Å².